The number of likely N-dealkylation sites (N-methyl/N-ethyl adjacent to an activating group) is 1. The van der Waals surface area contributed by atoms with Gasteiger partial charge in [-0.3, -0.25) is 4.79 Å². The van der Waals surface area contributed by atoms with Crippen molar-refractivity contribution in [1.29, 1.82) is 0 Å². The van der Waals surface area contributed by atoms with Crippen LogP contribution in [0.4, 0.5) is 11.4 Å². The molecule has 0 atom stereocenters. The summed E-state index contributed by atoms with van der Waals surface area (Å²) in [4.78, 5) is 13.0. The number of anilines is 2. The predicted molar refractivity (Wildman–Crippen MR) is 54.5 cm³/mol. The van der Waals surface area contributed by atoms with Crippen LogP contribution in [0.2, 0.25) is 0 Å². The quantitative estimate of drug-likeness (QED) is 0.669. The number of carbonyl (C=O) groups is 1. The number of carbonyl (C=O) groups excluding carboxylic acids is 1. The smallest absolute Gasteiger partial charge is 0.231 e. The lowest BCUT2D eigenvalue weighted by Gasteiger charge is -2.12. The SMILES string of the molecule is COc1cc2c(cc1N)N(C)C(=O)C2. The minimum Gasteiger partial charge on any atom is -0.495 e. The Bertz CT molecular complexity index is 401. The van der Waals surface area contributed by atoms with Gasteiger partial charge in [0.2, 0.25) is 5.91 Å². The maximum Gasteiger partial charge on any atom is 0.231 e. The molecule has 1 amide bonds. The largest absolute Gasteiger partial charge is 0.495 e. The van der Waals surface area contributed by atoms with Crippen LogP contribution in [0, 0.1) is 0 Å². The van der Waals surface area contributed by atoms with E-state index in [1.165, 1.54) is 0 Å². The third-order valence-electron chi connectivity index (χ3n) is 2.51. The van der Waals surface area contributed by atoms with Crippen LogP contribution < -0.4 is 15.4 Å². The first kappa shape index (κ1) is 8.87. The highest BCUT2D eigenvalue weighted by Crippen LogP contribution is 2.35. The molecule has 74 valence electrons. The number of ether oxygens (including phenoxy) is 1. The highest BCUT2D eigenvalue weighted by molar-refractivity contribution is 6.01. The number of rotatable bonds is 1. The first-order chi connectivity index (χ1) is 6.63. The van der Waals surface area contributed by atoms with Crippen molar-refractivity contribution in [3.05, 3.63) is 17.7 Å². The minimum absolute atomic E-state index is 0.0904. The lowest BCUT2D eigenvalue weighted by Crippen LogP contribution is -2.20. The first-order valence-corrected chi connectivity index (χ1v) is 4.36. The van der Waals surface area contributed by atoms with Gasteiger partial charge in [0.25, 0.3) is 0 Å². The number of nitrogens with two attached hydrogens (primary N) is 1. The average Bonchev–Trinajstić information content (AvgIpc) is 2.43. The van der Waals surface area contributed by atoms with E-state index >= 15 is 0 Å². The van der Waals surface area contributed by atoms with Gasteiger partial charge in [-0.15, -0.1) is 0 Å². The molecule has 0 aliphatic carbocycles. The number of hydrogen-bond donors (Lipinski definition) is 1. The van der Waals surface area contributed by atoms with Crippen molar-refractivity contribution in [2.24, 2.45) is 0 Å². The molecule has 0 spiro atoms. The Hall–Kier alpha value is -1.71. The van der Waals surface area contributed by atoms with Crippen molar-refractivity contribution in [2.75, 3.05) is 24.8 Å². The van der Waals surface area contributed by atoms with Crippen molar-refractivity contribution in [1.82, 2.24) is 0 Å². The molecule has 2 rings (SSSR count). The molecule has 0 radical (unpaired) electrons. The predicted octanol–water partition coefficient (Wildman–Crippen LogP) is 0.796. The molecule has 0 unspecified atom stereocenters. The summed E-state index contributed by atoms with van der Waals surface area (Å²) in [6.45, 7) is 0. The van der Waals surface area contributed by atoms with E-state index in [1.54, 1.807) is 25.1 Å². The Morgan fingerprint density at radius 1 is 1.50 bits per heavy atom. The fraction of sp³-hybridized carbons (Fsp3) is 0.300. The second kappa shape index (κ2) is 2.90. The standard InChI is InChI=1S/C10H12N2O2/c1-12-8-5-7(11)9(14-2)3-6(8)4-10(12)13/h3,5H,4,11H2,1-2H3. The third kappa shape index (κ3) is 1.11. The molecule has 4 heteroatoms. The Morgan fingerprint density at radius 2 is 2.21 bits per heavy atom. The number of methoxy groups -OCH3 is 1. The van der Waals surface area contributed by atoms with Gasteiger partial charge in [-0.25, -0.2) is 0 Å². The normalized spacial score (nSPS) is 14.4. The van der Waals surface area contributed by atoms with Crippen LogP contribution in [0.15, 0.2) is 12.1 Å². The van der Waals surface area contributed by atoms with E-state index < -0.39 is 0 Å². The van der Waals surface area contributed by atoms with E-state index in [9.17, 15) is 4.79 Å². The van der Waals surface area contributed by atoms with Gasteiger partial charge in [-0.05, 0) is 17.7 Å². The number of fused-ring (bicyclic) bond motifs is 1. The van der Waals surface area contributed by atoms with Crippen LogP contribution in [0.3, 0.4) is 0 Å². The molecule has 0 saturated carbocycles. The van der Waals surface area contributed by atoms with Crippen LogP contribution in [0.5, 0.6) is 5.75 Å². The summed E-state index contributed by atoms with van der Waals surface area (Å²) in [5.74, 6) is 0.722. The minimum atomic E-state index is 0.0904. The average molecular weight is 192 g/mol. The summed E-state index contributed by atoms with van der Waals surface area (Å²) >= 11 is 0. The van der Waals surface area contributed by atoms with Crippen LogP contribution in [0.25, 0.3) is 0 Å². The fourth-order valence-electron chi connectivity index (χ4n) is 1.67. The van der Waals surface area contributed by atoms with E-state index in [1.807, 2.05) is 6.07 Å². The third-order valence-corrected chi connectivity index (χ3v) is 2.51. The molecule has 0 aromatic heterocycles. The maximum atomic E-state index is 11.4. The van der Waals surface area contributed by atoms with Crippen molar-refractivity contribution in [3.8, 4) is 5.75 Å². The van der Waals surface area contributed by atoms with Gasteiger partial charge >= 0.3 is 0 Å². The van der Waals surface area contributed by atoms with Gasteiger partial charge in [-0.2, -0.15) is 0 Å². The lowest BCUT2D eigenvalue weighted by molar-refractivity contribution is -0.117. The zero-order chi connectivity index (χ0) is 10.3. The summed E-state index contributed by atoms with van der Waals surface area (Å²) < 4.78 is 5.09. The topological polar surface area (TPSA) is 55.6 Å². The first-order valence-electron chi connectivity index (χ1n) is 4.36. The molecule has 0 saturated heterocycles. The Kier molecular flexibility index (Phi) is 1.84. The summed E-state index contributed by atoms with van der Waals surface area (Å²) in [5.41, 5.74) is 8.17. The van der Waals surface area contributed by atoms with Crippen molar-refractivity contribution in [3.63, 3.8) is 0 Å². The van der Waals surface area contributed by atoms with Gasteiger partial charge < -0.3 is 15.4 Å². The number of benzene rings is 1. The molecule has 4 nitrogen and oxygen atoms in total. The molecule has 0 bridgehead atoms. The molecule has 1 aliphatic rings. The number of nitrogens with zero attached hydrogens (tertiary/aromatic N) is 1. The molecule has 0 fully saturated rings. The van der Waals surface area contributed by atoms with E-state index in [2.05, 4.69) is 0 Å². The maximum absolute atomic E-state index is 11.4. The zero-order valence-corrected chi connectivity index (χ0v) is 8.20. The molecule has 1 aromatic carbocycles. The van der Waals surface area contributed by atoms with Gasteiger partial charge in [0.1, 0.15) is 5.75 Å². The highest BCUT2D eigenvalue weighted by atomic mass is 16.5. The molecule has 1 aliphatic heterocycles. The van der Waals surface area contributed by atoms with E-state index in [-0.39, 0.29) is 5.91 Å². The van der Waals surface area contributed by atoms with E-state index in [0.717, 1.165) is 11.3 Å². The Morgan fingerprint density at radius 3 is 2.86 bits per heavy atom. The molecular weight excluding hydrogens is 180 g/mol. The molecule has 14 heavy (non-hydrogen) atoms. The van der Waals surface area contributed by atoms with Crippen LogP contribution in [-0.2, 0) is 11.2 Å². The second-order valence-electron chi connectivity index (χ2n) is 3.35. The van der Waals surface area contributed by atoms with Crippen LogP contribution in [-0.4, -0.2) is 20.1 Å². The second-order valence-corrected chi connectivity index (χ2v) is 3.35. The van der Waals surface area contributed by atoms with Gasteiger partial charge in [0.15, 0.2) is 0 Å². The summed E-state index contributed by atoms with van der Waals surface area (Å²) in [6, 6.07) is 3.60. The van der Waals surface area contributed by atoms with Gasteiger partial charge in [-0.1, -0.05) is 0 Å². The van der Waals surface area contributed by atoms with E-state index in [4.69, 9.17) is 10.5 Å². The van der Waals surface area contributed by atoms with E-state index in [0.29, 0.717) is 17.9 Å². The zero-order valence-electron chi connectivity index (χ0n) is 8.20. The van der Waals surface area contributed by atoms with Crippen molar-refractivity contribution >= 4 is 17.3 Å². The van der Waals surface area contributed by atoms with Crippen LogP contribution in [0.1, 0.15) is 5.56 Å². The fourth-order valence-corrected chi connectivity index (χ4v) is 1.67. The van der Waals surface area contributed by atoms with Crippen LogP contribution >= 0.6 is 0 Å². The van der Waals surface area contributed by atoms with Crippen molar-refractivity contribution < 1.29 is 9.53 Å². The number of amides is 1. The molecule has 1 heterocycles. The lowest BCUT2D eigenvalue weighted by atomic mass is 10.1. The number of nitrogen functional groups attached to an aromatic ring is 1. The van der Waals surface area contributed by atoms with Gasteiger partial charge in [0, 0.05) is 12.7 Å². The summed E-state index contributed by atoms with van der Waals surface area (Å²) in [7, 11) is 3.32. The molecule has 2 N–H and O–H groups in total. The molecule has 1 aromatic rings. The summed E-state index contributed by atoms with van der Waals surface area (Å²) in [6.07, 6.45) is 0.433. The monoisotopic (exact) mass is 192 g/mol. The number of hydrogen-bond acceptors (Lipinski definition) is 3. The van der Waals surface area contributed by atoms with Gasteiger partial charge in [0.05, 0.1) is 19.2 Å². The summed E-state index contributed by atoms with van der Waals surface area (Å²) in [5, 5.41) is 0. The molecular formula is C10H12N2O2. The Labute approximate surface area is 82.3 Å². The highest BCUT2D eigenvalue weighted by Gasteiger charge is 2.25. The van der Waals surface area contributed by atoms with Crippen molar-refractivity contribution in [2.45, 2.75) is 6.42 Å². The Balaban J connectivity index is 2.54.